The van der Waals surface area contributed by atoms with Gasteiger partial charge in [0, 0.05) is 11.4 Å². The van der Waals surface area contributed by atoms with E-state index >= 15 is 0 Å². The zero-order valence-electron chi connectivity index (χ0n) is 12.8. The van der Waals surface area contributed by atoms with Crippen molar-refractivity contribution in [3.05, 3.63) is 52.9 Å². The van der Waals surface area contributed by atoms with E-state index in [1.165, 1.54) is 6.08 Å². The number of aromatic nitrogens is 1. The van der Waals surface area contributed by atoms with E-state index < -0.39 is 5.91 Å². The normalized spacial score (nSPS) is 12.8. The zero-order valence-corrected chi connectivity index (χ0v) is 12.8. The maximum atomic E-state index is 12.3. The molecule has 23 heavy (non-hydrogen) atoms. The van der Waals surface area contributed by atoms with Crippen LogP contribution >= 0.6 is 0 Å². The van der Waals surface area contributed by atoms with Crippen LogP contribution in [0, 0.1) is 25.2 Å². The van der Waals surface area contributed by atoms with Gasteiger partial charge in [-0.25, -0.2) is 0 Å². The van der Waals surface area contributed by atoms with E-state index in [9.17, 15) is 10.1 Å². The Morgan fingerprint density at radius 1 is 1.22 bits per heavy atom. The topological polar surface area (TPSA) is 76.3 Å². The molecule has 1 amide bonds. The predicted octanol–water partition coefficient (Wildman–Crippen LogP) is 2.51. The molecule has 1 N–H and O–H groups in total. The van der Waals surface area contributed by atoms with Gasteiger partial charge in [-0.15, -0.1) is 0 Å². The van der Waals surface area contributed by atoms with Gasteiger partial charge in [0.15, 0.2) is 11.5 Å². The molecule has 1 aromatic carbocycles. The molecule has 2 heterocycles. The third-order valence-corrected chi connectivity index (χ3v) is 3.56. The maximum Gasteiger partial charge on any atom is 0.280 e. The second-order valence-corrected chi connectivity index (χ2v) is 5.17. The number of ether oxygens (including phenoxy) is 2. The molecule has 1 aliphatic heterocycles. The summed E-state index contributed by atoms with van der Waals surface area (Å²) < 4.78 is 12.2. The summed E-state index contributed by atoms with van der Waals surface area (Å²) >= 11 is 0. The molecular formula is C17H15N3O3. The van der Waals surface area contributed by atoms with E-state index in [4.69, 9.17) is 9.47 Å². The zero-order chi connectivity index (χ0) is 16.4. The van der Waals surface area contributed by atoms with Gasteiger partial charge in [-0.1, -0.05) is 6.07 Å². The second kappa shape index (κ2) is 5.89. The van der Waals surface area contributed by atoms with E-state index in [1.807, 2.05) is 32.0 Å². The number of rotatable bonds is 3. The number of amides is 1. The number of carbonyl (C=O) groups is 1. The summed E-state index contributed by atoms with van der Waals surface area (Å²) in [5.74, 6) is 0.796. The average Bonchev–Trinajstić information content (AvgIpc) is 3.13. The molecule has 6 heteroatoms. The van der Waals surface area contributed by atoms with E-state index in [1.54, 1.807) is 22.9 Å². The average molecular weight is 309 g/mol. The summed E-state index contributed by atoms with van der Waals surface area (Å²) in [5.41, 5.74) is 5.19. The van der Waals surface area contributed by atoms with Crippen molar-refractivity contribution in [3.8, 4) is 17.6 Å². The summed E-state index contributed by atoms with van der Waals surface area (Å²) in [5, 5.41) is 9.27. The summed E-state index contributed by atoms with van der Waals surface area (Å²) in [6.07, 6.45) is 1.52. The van der Waals surface area contributed by atoms with Crippen molar-refractivity contribution < 1.29 is 14.3 Å². The lowest BCUT2D eigenvalue weighted by atomic mass is 10.1. The van der Waals surface area contributed by atoms with Crippen molar-refractivity contribution in [2.45, 2.75) is 13.8 Å². The first-order chi connectivity index (χ1) is 11.1. The van der Waals surface area contributed by atoms with Crippen LogP contribution in [0.1, 0.15) is 17.0 Å². The predicted molar refractivity (Wildman–Crippen MR) is 84.4 cm³/mol. The summed E-state index contributed by atoms with van der Waals surface area (Å²) in [7, 11) is 0. The van der Waals surface area contributed by atoms with Crippen molar-refractivity contribution >= 4 is 12.0 Å². The van der Waals surface area contributed by atoms with Gasteiger partial charge in [-0.05, 0) is 49.8 Å². The lowest BCUT2D eigenvalue weighted by Crippen LogP contribution is -2.25. The molecule has 116 valence electrons. The van der Waals surface area contributed by atoms with Crippen LogP contribution in [-0.4, -0.2) is 17.4 Å². The Labute approximate surface area is 133 Å². The number of benzene rings is 1. The molecule has 0 saturated heterocycles. The van der Waals surface area contributed by atoms with Crippen LogP contribution < -0.4 is 14.9 Å². The number of aryl methyl sites for hydroxylation is 2. The lowest BCUT2D eigenvalue weighted by Gasteiger charge is -2.10. The molecule has 1 aromatic heterocycles. The van der Waals surface area contributed by atoms with E-state index in [0.29, 0.717) is 17.1 Å². The minimum absolute atomic E-state index is 0.0105. The number of hydrogen-bond donors (Lipinski definition) is 1. The van der Waals surface area contributed by atoms with Crippen LogP contribution in [0.3, 0.4) is 0 Å². The van der Waals surface area contributed by atoms with Gasteiger partial charge in [0.05, 0.1) is 0 Å². The Morgan fingerprint density at radius 2 is 1.91 bits per heavy atom. The molecule has 0 fully saturated rings. The molecule has 2 aromatic rings. The Hall–Kier alpha value is -3.20. The number of nitrogens with one attached hydrogen (secondary N) is 1. The molecule has 6 nitrogen and oxygen atoms in total. The van der Waals surface area contributed by atoms with Gasteiger partial charge in [-0.2, -0.15) is 5.26 Å². The van der Waals surface area contributed by atoms with Crippen LogP contribution in [0.25, 0.3) is 6.08 Å². The first-order valence-corrected chi connectivity index (χ1v) is 7.06. The highest BCUT2D eigenvalue weighted by atomic mass is 16.7. The molecule has 3 rings (SSSR count). The van der Waals surface area contributed by atoms with E-state index in [-0.39, 0.29) is 12.4 Å². The fraction of sp³-hybridized carbons (Fsp3) is 0.176. The Kier molecular flexibility index (Phi) is 3.77. The molecule has 0 radical (unpaired) electrons. The van der Waals surface area contributed by atoms with Crippen LogP contribution in [-0.2, 0) is 4.79 Å². The highest BCUT2D eigenvalue weighted by Gasteiger charge is 2.15. The van der Waals surface area contributed by atoms with Gasteiger partial charge < -0.3 is 9.47 Å². The Bertz CT molecular complexity index is 824. The number of fused-ring (bicyclic) bond motifs is 1. The molecule has 0 atom stereocenters. The van der Waals surface area contributed by atoms with Gasteiger partial charge in [0.25, 0.3) is 5.91 Å². The van der Waals surface area contributed by atoms with Crippen LogP contribution in [0.4, 0.5) is 0 Å². The fourth-order valence-corrected chi connectivity index (χ4v) is 2.32. The highest BCUT2D eigenvalue weighted by Crippen LogP contribution is 2.33. The van der Waals surface area contributed by atoms with Crippen LogP contribution in [0.5, 0.6) is 11.5 Å². The Balaban J connectivity index is 1.84. The number of hydrogen-bond acceptors (Lipinski definition) is 4. The Morgan fingerprint density at radius 3 is 2.61 bits per heavy atom. The molecule has 0 unspecified atom stereocenters. The highest BCUT2D eigenvalue weighted by molar-refractivity contribution is 6.06. The molecule has 0 saturated carbocycles. The number of nitriles is 1. The molecule has 0 aliphatic carbocycles. The van der Waals surface area contributed by atoms with Crippen LogP contribution in [0.2, 0.25) is 0 Å². The van der Waals surface area contributed by atoms with Gasteiger partial charge in [-0.3, -0.25) is 14.9 Å². The van der Waals surface area contributed by atoms with Crippen molar-refractivity contribution in [2.24, 2.45) is 0 Å². The monoisotopic (exact) mass is 309 g/mol. The summed E-state index contributed by atoms with van der Waals surface area (Å²) in [6.45, 7) is 3.93. The minimum Gasteiger partial charge on any atom is -0.454 e. The lowest BCUT2D eigenvalue weighted by molar-refractivity contribution is -0.113. The van der Waals surface area contributed by atoms with Gasteiger partial charge >= 0.3 is 0 Å². The largest absolute Gasteiger partial charge is 0.454 e. The van der Waals surface area contributed by atoms with Crippen molar-refractivity contribution in [2.75, 3.05) is 12.2 Å². The maximum absolute atomic E-state index is 12.3. The second-order valence-electron chi connectivity index (χ2n) is 5.17. The molecule has 0 bridgehead atoms. The smallest absolute Gasteiger partial charge is 0.280 e. The number of carbonyl (C=O) groups excluding carboxylic acids is 1. The van der Waals surface area contributed by atoms with Gasteiger partial charge in [0.1, 0.15) is 11.6 Å². The van der Waals surface area contributed by atoms with Crippen LogP contribution in [0.15, 0.2) is 35.9 Å². The first-order valence-electron chi connectivity index (χ1n) is 7.06. The van der Waals surface area contributed by atoms with Crippen molar-refractivity contribution in [1.29, 1.82) is 5.26 Å². The third kappa shape index (κ3) is 2.90. The standard InChI is InChI=1S/C17H15N3O3/c1-11-3-4-12(2)20(11)19-17(21)14(9-18)7-13-5-6-15-16(8-13)23-10-22-15/h3-8H,10H2,1-2H3,(H,19,21)/b14-7+. The van der Waals surface area contributed by atoms with Crippen molar-refractivity contribution in [3.63, 3.8) is 0 Å². The van der Waals surface area contributed by atoms with Gasteiger partial charge in [0.2, 0.25) is 6.79 Å². The van der Waals surface area contributed by atoms with Crippen molar-refractivity contribution in [1.82, 2.24) is 4.68 Å². The van der Waals surface area contributed by atoms with E-state index in [2.05, 4.69) is 5.43 Å². The fourth-order valence-electron chi connectivity index (χ4n) is 2.32. The third-order valence-electron chi connectivity index (χ3n) is 3.56. The molecule has 0 spiro atoms. The molecule has 1 aliphatic rings. The minimum atomic E-state index is -0.465. The van der Waals surface area contributed by atoms with E-state index in [0.717, 1.165) is 11.4 Å². The summed E-state index contributed by atoms with van der Waals surface area (Å²) in [6, 6.07) is 11.0. The quantitative estimate of drug-likeness (QED) is 0.698. The molecular weight excluding hydrogens is 294 g/mol. The SMILES string of the molecule is Cc1ccc(C)n1NC(=O)/C(C#N)=C/c1ccc2c(c1)OCO2. The number of nitrogens with zero attached hydrogens (tertiary/aromatic N) is 2. The summed E-state index contributed by atoms with van der Waals surface area (Å²) in [4.78, 5) is 12.3. The first kappa shape index (κ1) is 14.7.